The maximum Gasteiger partial charge on any atom is 4.00 e. The molecule has 0 saturated carbocycles. The summed E-state index contributed by atoms with van der Waals surface area (Å²) in [7, 11) is 0. The number of carboxylic acids is 2. The second-order valence-electron chi connectivity index (χ2n) is 12.0. The molecule has 15 heteroatoms. The number of aromatic carboxylic acids is 2. The first-order valence-corrected chi connectivity index (χ1v) is 16.7. The number of carbonyl (C=O) groups is 2. The average molecular weight is 797 g/mol. The van der Waals surface area contributed by atoms with Crippen LogP contribution >= 0.6 is 0 Å². The van der Waals surface area contributed by atoms with Gasteiger partial charge >= 0.3 is 17.1 Å². The minimum Gasteiger partial charge on any atom is -0.872 e. The average Bonchev–Trinajstić information content (AvgIpc) is 3.85. The van der Waals surface area contributed by atoms with Crippen LogP contribution in [0.3, 0.4) is 0 Å². The quantitative estimate of drug-likeness (QED) is 0.202. The summed E-state index contributed by atoms with van der Waals surface area (Å²) < 4.78 is 2.83. The molecule has 0 atom stereocenters. The van der Waals surface area contributed by atoms with Crippen LogP contribution in [0, 0.1) is 0 Å². The SMILES string of the molecule is O=C([O-])c1ccc(-n2nc(-c3ccccc3[O-])nc2-c2ccccc2[O-])cc1.O=C([O-])c1ccc(-n2nc(-c3ccccc3[O-])nc2-c2ccccc2[O-])cc1.[Fe+4]. The summed E-state index contributed by atoms with van der Waals surface area (Å²) in [5, 5.41) is 79.8. The number of rotatable bonds is 8. The van der Waals surface area contributed by atoms with Gasteiger partial charge in [-0.25, -0.2) is 19.3 Å². The Balaban J connectivity index is 0.000000189. The van der Waals surface area contributed by atoms with E-state index in [-0.39, 0.29) is 74.5 Å². The third-order valence-corrected chi connectivity index (χ3v) is 8.42. The van der Waals surface area contributed by atoms with Gasteiger partial charge in [0, 0.05) is 22.3 Å². The van der Waals surface area contributed by atoms with Crippen LogP contribution in [0.4, 0.5) is 0 Å². The molecule has 14 nitrogen and oxygen atoms in total. The van der Waals surface area contributed by atoms with Crippen molar-refractivity contribution in [1.82, 2.24) is 29.5 Å². The molecule has 8 rings (SSSR count). The second kappa shape index (κ2) is 16.7. The van der Waals surface area contributed by atoms with E-state index in [9.17, 15) is 40.2 Å². The fraction of sp³-hybridized carbons (Fsp3) is 0. The summed E-state index contributed by atoms with van der Waals surface area (Å²) in [4.78, 5) is 30.8. The molecule has 0 aliphatic carbocycles. The van der Waals surface area contributed by atoms with Crippen LogP contribution in [0.2, 0.25) is 0 Å². The van der Waals surface area contributed by atoms with E-state index < -0.39 is 11.9 Å². The maximum absolute atomic E-state index is 12.3. The van der Waals surface area contributed by atoms with E-state index in [1.54, 1.807) is 72.8 Å². The summed E-state index contributed by atoms with van der Waals surface area (Å²) in [6.45, 7) is 0. The third-order valence-electron chi connectivity index (χ3n) is 8.42. The Morgan fingerprint density at radius 3 is 0.965 bits per heavy atom. The molecule has 0 spiro atoms. The molecule has 0 aliphatic heterocycles. The molecular formula is C42H24FeN6O8-2. The van der Waals surface area contributed by atoms with E-state index in [1.165, 1.54) is 82.2 Å². The normalized spacial score (nSPS) is 10.5. The van der Waals surface area contributed by atoms with Crippen molar-refractivity contribution in [1.29, 1.82) is 0 Å². The molecule has 6 aromatic carbocycles. The first-order valence-electron chi connectivity index (χ1n) is 16.7. The number of aromatic nitrogens is 6. The smallest absolute Gasteiger partial charge is 0.872 e. The van der Waals surface area contributed by atoms with Gasteiger partial charge in [-0.1, -0.05) is 144 Å². The molecule has 0 bridgehead atoms. The van der Waals surface area contributed by atoms with Gasteiger partial charge < -0.3 is 40.2 Å². The van der Waals surface area contributed by atoms with E-state index in [1.807, 2.05) is 0 Å². The number of carbonyl (C=O) groups excluding carboxylic acids is 2. The van der Waals surface area contributed by atoms with Gasteiger partial charge in [0.05, 0.1) is 23.3 Å². The molecule has 2 heterocycles. The molecule has 0 radical (unpaired) electrons. The third kappa shape index (κ3) is 8.19. The number of benzene rings is 6. The van der Waals surface area contributed by atoms with Gasteiger partial charge in [0.25, 0.3) is 0 Å². The van der Waals surface area contributed by atoms with E-state index in [0.29, 0.717) is 33.6 Å². The number of carboxylic acid groups (broad SMARTS) is 2. The second-order valence-corrected chi connectivity index (χ2v) is 12.0. The van der Waals surface area contributed by atoms with Crippen LogP contribution in [0.15, 0.2) is 146 Å². The molecule has 0 unspecified atom stereocenters. The molecule has 57 heavy (non-hydrogen) atoms. The Kier molecular flexibility index (Phi) is 11.4. The summed E-state index contributed by atoms with van der Waals surface area (Å²) in [6, 6.07) is 37.0. The number of para-hydroxylation sites is 4. The number of hydrogen-bond donors (Lipinski definition) is 0. The molecule has 0 fully saturated rings. The minimum absolute atomic E-state index is 0. The molecular weight excluding hydrogens is 772 g/mol. The fourth-order valence-corrected chi connectivity index (χ4v) is 5.64. The minimum atomic E-state index is -1.30. The first-order chi connectivity index (χ1) is 27.1. The van der Waals surface area contributed by atoms with Gasteiger partial charge in [-0.3, -0.25) is 0 Å². The van der Waals surface area contributed by atoms with E-state index in [2.05, 4.69) is 20.2 Å². The number of hydrogen-bond acceptors (Lipinski definition) is 12. The van der Waals surface area contributed by atoms with Crippen LogP contribution in [0.25, 0.3) is 56.9 Å². The summed E-state index contributed by atoms with van der Waals surface area (Å²) in [5.41, 5.74) is 2.24. The molecule has 0 amide bonds. The predicted molar refractivity (Wildman–Crippen MR) is 191 cm³/mol. The van der Waals surface area contributed by atoms with Crippen LogP contribution < -0.4 is 30.6 Å². The Morgan fingerprint density at radius 1 is 0.404 bits per heavy atom. The summed E-state index contributed by atoms with van der Waals surface area (Å²) >= 11 is 0. The predicted octanol–water partition coefficient (Wildman–Crippen LogP) is 2.22. The van der Waals surface area contributed by atoms with Crippen molar-refractivity contribution in [3.8, 4) is 79.9 Å². The van der Waals surface area contributed by atoms with Crippen molar-refractivity contribution >= 4 is 11.9 Å². The van der Waals surface area contributed by atoms with Crippen molar-refractivity contribution in [2.45, 2.75) is 0 Å². The van der Waals surface area contributed by atoms with Crippen LogP contribution in [-0.2, 0) is 17.1 Å². The largest absolute Gasteiger partial charge is 4.00 e. The van der Waals surface area contributed by atoms with Crippen molar-refractivity contribution in [3.05, 3.63) is 157 Å². The van der Waals surface area contributed by atoms with Crippen LogP contribution in [0.1, 0.15) is 20.7 Å². The zero-order valence-electron chi connectivity index (χ0n) is 29.2. The Morgan fingerprint density at radius 2 is 0.684 bits per heavy atom. The van der Waals surface area contributed by atoms with E-state index >= 15 is 0 Å². The Labute approximate surface area is 334 Å². The van der Waals surface area contributed by atoms with Crippen LogP contribution in [0.5, 0.6) is 23.0 Å². The Hall–Kier alpha value is -7.74. The van der Waals surface area contributed by atoms with Crippen LogP contribution in [-0.4, -0.2) is 41.5 Å². The molecule has 2 aromatic heterocycles. The zero-order valence-corrected chi connectivity index (χ0v) is 30.3. The molecule has 280 valence electrons. The standard InChI is InChI=1S/2C21H15N3O4.Fe/c2*25-17-7-3-1-5-15(17)19-22-20(16-6-2-4-8-18(16)26)24(23-19)14-11-9-13(10-12-14)21(27)28;/h2*1-12,25-26H,(H,27,28);/q;;+4/p-6. The first kappa shape index (κ1) is 39.0. The van der Waals surface area contributed by atoms with E-state index in [4.69, 9.17) is 0 Å². The zero-order chi connectivity index (χ0) is 39.3. The fourth-order valence-electron chi connectivity index (χ4n) is 5.64. The van der Waals surface area contributed by atoms with Gasteiger partial charge in [-0.05, 0) is 35.4 Å². The van der Waals surface area contributed by atoms with Gasteiger partial charge in [0.2, 0.25) is 0 Å². The van der Waals surface area contributed by atoms with Gasteiger partial charge in [0.15, 0.2) is 23.3 Å². The Bertz CT molecular complexity index is 2530. The van der Waals surface area contributed by atoms with Gasteiger partial charge in [0.1, 0.15) is 0 Å². The van der Waals surface area contributed by atoms with Gasteiger partial charge in [-0.2, -0.15) is 0 Å². The van der Waals surface area contributed by atoms with Crippen molar-refractivity contribution in [3.63, 3.8) is 0 Å². The summed E-state index contributed by atoms with van der Waals surface area (Å²) in [5.74, 6) is -2.71. The molecule has 0 saturated heterocycles. The molecule has 8 aromatic rings. The monoisotopic (exact) mass is 796 g/mol. The van der Waals surface area contributed by atoms with Crippen molar-refractivity contribution < 1.29 is 57.3 Å². The molecule has 0 N–H and O–H groups in total. The van der Waals surface area contributed by atoms with Crippen molar-refractivity contribution in [2.24, 2.45) is 0 Å². The van der Waals surface area contributed by atoms with E-state index in [0.717, 1.165) is 0 Å². The maximum atomic E-state index is 12.3. The number of nitrogens with zero attached hydrogens (tertiary/aromatic N) is 6. The molecule has 0 aliphatic rings. The van der Waals surface area contributed by atoms with Gasteiger partial charge in [-0.15, -0.1) is 10.2 Å². The van der Waals surface area contributed by atoms with Crippen molar-refractivity contribution in [2.75, 3.05) is 0 Å². The topological polar surface area (TPSA) is 234 Å². The summed E-state index contributed by atoms with van der Waals surface area (Å²) in [6.07, 6.45) is 0.